The number of nitrogens with zero attached hydrogens (tertiary/aromatic N) is 1. The van der Waals surface area contributed by atoms with E-state index in [9.17, 15) is 4.79 Å². The fourth-order valence-corrected chi connectivity index (χ4v) is 1.39. The highest BCUT2D eigenvalue weighted by Gasteiger charge is 2.09. The molecular formula is C11H11NO2. The van der Waals surface area contributed by atoms with Gasteiger partial charge in [-0.3, -0.25) is 4.79 Å². The summed E-state index contributed by atoms with van der Waals surface area (Å²) < 4.78 is 5.21. The molecule has 1 atom stereocenters. The van der Waals surface area contributed by atoms with Crippen LogP contribution in [0.15, 0.2) is 28.8 Å². The van der Waals surface area contributed by atoms with E-state index in [1.54, 1.807) is 6.20 Å². The maximum Gasteiger partial charge on any atom is 0.260 e. The first-order valence-corrected chi connectivity index (χ1v) is 4.59. The van der Waals surface area contributed by atoms with Gasteiger partial charge in [0.15, 0.2) is 5.76 Å². The molecule has 1 unspecified atom stereocenters. The first-order chi connectivity index (χ1) is 6.79. The number of aldehydes is 1. The van der Waals surface area contributed by atoms with E-state index in [1.807, 2.05) is 6.08 Å². The first-order valence-electron chi connectivity index (χ1n) is 4.59. The van der Waals surface area contributed by atoms with Crippen LogP contribution in [0.1, 0.15) is 29.8 Å². The van der Waals surface area contributed by atoms with Gasteiger partial charge in [-0.05, 0) is 12.3 Å². The van der Waals surface area contributed by atoms with Crippen LogP contribution < -0.4 is 0 Å². The predicted molar refractivity (Wildman–Crippen MR) is 52.8 cm³/mol. The summed E-state index contributed by atoms with van der Waals surface area (Å²) in [6.45, 7) is 2.15. The summed E-state index contributed by atoms with van der Waals surface area (Å²) in [7, 11) is 0. The topological polar surface area (TPSA) is 43.1 Å². The Morgan fingerprint density at radius 1 is 1.64 bits per heavy atom. The van der Waals surface area contributed by atoms with Crippen molar-refractivity contribution in [2.75, 3.05) is 0 Å². The van der Waals surface area contributed by atoms with Gasteiger partial charge >= 0.3 is 0 Å². The van der Waals surface area contributed by atoms with E-state index in [2.05, 4.69) is 24.1 Å². The lowest BCUT2D eigenvalue weighted by molar-refractivity contribution is 0.109. The number of allylic oxidation sites excluding steroid dienone is 4. The van der Waals surface area contributed by atoms with Gasteiger partial charge in [-0.15, -0.1) is 0 Å². The van der Waals surface area contributed by atoms with Crippen LogP contribution in [0.25, 0.3) is 5.57 Å². The summed E-state index contributed by atoms with van der Waals surface area (Å²) in [5.41, 5.74) is 1.00. The molecule has 1 aromatic heterocycles. The van der Waals surface area contributed by atoms with Crippen LogP contribution in [0.5, 0.6) is 0 Å². The SMILES string of the molecule is CC1C=CC(c2cnc(C=O)o2)=CC1. The van der Waals surface area contributed by atoms with Crippen LogP contribution in [0.2, 0.25) is 0 Å². The van der Waals surface area contributed by atoms with Gasteiger partial charge in [0.25, 0.3) is 5.89 Å². The Morgan fingerprint density at radius 2 is 2.50 bits per heavy atom. The fraction of sp³-hybridized carbons (Fsp3) is 0.273. The Hall–Kier alpha value is -1.64. The number of carbonyl (C=O) groups is 1. The molecule has 1 aliphatic carbocycles. The highest BCUT2D eigenvalue weighted by atomic mass is 16.4. The molecule has 14 heavy (non-hydrogen) atoms. The van der Waals surface area contributed by atoms with Crippen molar-refractivity contribution in [3.63, 3.8) is 0 Å². The number of carbonyl (C=O) groups excluding carboxylic acids is 1. The Morgan fingerprint density at radius 3 is 3.07 bits per heavy atom. The molecule has 0 aliphatic heterocycles. The summed E-state index contributed by atoms with van der Waals surface area (Å²) in [5.74, 6) is 1.37. The van der Waals surface area contributed by atoms with E-state index in [-0.39, 0.29) is 5.89 Å². The van der Waals surface area contributed by atoms with Crippen LogP contribution in [-0.2, 0) is 0 Å². The zero-order chi connectivity index (χ0) is 9.97. The summed E-state index contributed by atoms with van der Waals surface area (Å²) in [6, 6.07) is 0. The van der Waals surface area contributed by atoms with Crippen molar-refractivity contribution in [1.82, 2.24) is 4.98 Å². The van der Waals surface area contributed by atoms with Crippen molar-refractivity contribution < 1.29 is 9.21 Å². The largest absolute Gasteiger partial charge is 0.434 e. The molecule has 1 aromatic rings. The van der Waals surface area contributed by atoms with Crippen LogP contribution >= 0.6 is 0 Å². The van der Waals surface area contributed by atoms with Crippen molar-refractivity contribution in [2.45, 2.75) is 13.3 Å². The van der Waals surface area contributed by atoms with E-state index in [4.69, 9.17) is 4.42 Å². The monoisotopic (exact) mass is 189 g/mol. The van der Waals surface area contributed by atoms with Crippen LogP contribution in [0.4, 0.5) is 0 Å². The number of hydrogen-bond acceptors (Lipinski definition) is 3. The molecule has 0 bridgehead atoms. The number of aromatic nitrogens is 1. The second-order valence-electron chi connectivity index (χ2n) is 3.41. The number of oxazole rings is 1. The van der Waals surface area contributed by atoms with Gasteiger partial charge < -0.3 is 4.42 Å². The standard InChI is InChI=1S/C11H11NO2/c1-8-2-4-9(5-3-8)10-6-12-11(7-13)14-10/h2,4-8H,3H2,1H3. The minimum absolute atomic E-state index is 0.132. The average molecular weight is 189 g/mol. The summed E-state index contributed by atoms with van der Waals surface area (Å²) in [6.07, 6.45) is 9.42. The number of rotatable bonds is 2. The molecule has 0 saturated carbocycles. The second-order valence-corrected chi connectivity index (χ2v) is 3.41. The van der Waals surface area contributed by atoms with E-state index >= 15 is 0 Å². The molecule has 3 nitrogen and oxygen atoms in total. The van der Waals surface area contributed by atoms with Gasteiger partial charge in [0.05, 0.1) is 6.20 Å². The van der Waals surface area contributed by atoms with Gasteiger partial charge in [-0.1, -0.05) is 25.2 Å². The third kappa shape index (κ3) is 1.66. The molecule has 2 rings (SSSR count). The van der Waals surface area contributed by atoms with Gasteiger partial charge in [-0.2, -0.15) is 0 Å². The van der Waals surface area contributed by atoms with Crippen molar-refractivity contribution in [3.8, 4) is 0 Å². The molecular weight excluding hydrogens is 178 g/mol. The second kappa shape index (κ2) is 3.62. The van der Waals surface area contributed by atoms with Gasteiger partial charge in [0.1, 0.15) is 0 Å². The lowest BCUT2D eigenvalue weighted by atomic mass is 9.98. The van der Waals surface area contributed by atoms with Crippen molar-refractivity contribution >= 4 is 11.9 Å². The fourth-order valence-electron chi connectivity index (χ4n) is 1.39. The Kier molecular flexibility index (Phi) is 2.31. The van der Waals surface area contributed by atoms with Crippen molar-refractivity contribution in [1.29, 1.82) is 0 Å². The smallest absolute Gasteiger partial charge is 0.260 e. The minimum atomic E-state index is 0.132. The highest BCUT2D eigenvalue weighted by molar-refractivity contribution is 5.73. The molecule has 0 saturated heterocycles. The van der Waals surface area contributed by atoms with Crippen LogP contribution in [0, 0.1) is 5.92 Å². The highest BCUT2D eigenvalue weighted by Crippen LogP contribution is 2.23. The Bertz CT molecular complexity index is 401. The zero-order valence-corrected chi connectivity index (χ0v) is 7.93. The predicted octanol–water partition coefficient (Wildman–Crippen LogP) is 2.47. The maximum atomic E-state index is 10.4. The van der Waals surface area contributed by atoms with Gasteiger partial charge in [-0.25, -0.2) is 4.98 Å². The lowest BCUT2D eigenvalue weighted by Gasteiger charge is -2.08. The summed E-state index contributed by atoms with van der Waals surface area (Å²) >= 11 is 0. The lowest BCUT2D eigenvalue weighted by Crippen LogP contribution is -1.93. The number of hydrogen-bond donors (Lipinski definition) is 0. The Labute approximate surface area is 82.1 Å². The summed E-state index contributed by atoms with van der Waals surface area (Å²) in [5, 5.41) is 0. The molecule has 3 heteroatoms. The van der Waals surface area contributed by atoms with Crippen LogP contribution in [0.3, 0.4) is 0 Å². The van der Waals surface area contributed by atoms with Crippen molar-refractivity contribution in [2.24, 2.45) is 5.92 Å². The van der Waals surface area contributed by atoms with Crippen molar-refractivity contribution in [3.05, 3.63) is 36.1 Å². The van der Waals surface area contributed by atoms with E-state index in [0.29, 0.717) is 18.0 Å². The van der Waals surface area contributed by atoms with E-state index in [0.717, 1.165) is 12.0 Å². The first kappa shape index (κ1) is 8.94. The normalized spacial score (nSPS) is 20.6. The molecule has 0 radical (unpaired) electrons. The molecule has 0 fully saturated rings. The molecule has 0 spiro atoms. The van der Waals surface area contributed by atoms with Gasteiger partial charge in [0.2, 0.25) is 6.29 Å². The molecule has 1 aliphatic rings. The molecule has 0 aromatic carbocycles. The molecule has 1 heterocycles. The third-order valence-corrected chi connectivity index (χ3v) is 2.22. The quantitative estimate of drug-likeness (QED) is 0.671. The molecule has 0 amide bonds. The van der Waals surface area contributed by atoms with E-state index < -0.39 is 0 Å². The van der Waals surface area contributed by atoms with Crippen LogP contribution in [-0.4, -0.2) is 11.3 Å². The Balaban J connectivity index is 2.24. The zero-order valence-electron chi connectivity index (χ0n) is 7.93. The third-order valence-electron chi connectivity index (χ3n) is 2.22. The average Bonchev–Trinajstić information content (AvgIpc) is 2.67. The molecule has 0 N–H and O–H groups in total. The van der Waals surface area contributed by atoms with Gasteiger partial charge in [0, 0.05) is 5.57 Å². The summed E-state index contributed by atoms with van der Waals surface area (Å²) in [4.78, 5) is 14.2. The van der Waals surface area contributed by atoms with E-state index in [1.165, 1.54) is 0 Å². The maximum absolute atomic E-state index is 10.4. The molecule has 72 valence electrons. The minimum Gasteiger partial charge on any atom is -0.434 e.